The molecule has 0 aliphatic carbocycles. The highest BCUT2D eigenvalue weighted by atomic mass is 16.2. The van der Waals surface area contributed by atoms with E-state index in [1.165, 1.54) is 0 Å². The molecule has 2 aliphatic rings. The van der Waals surface area contributed by atoms with Gasteiger partial charge in [0.1, 0.15) is 0 Å². The number of rotatable bonds is 6. The third-order valence-electron chi connectivity index (χ3n) is 4.32. The van der Waals surface area contributed by atoms with E-state index >= 15 is 0 Å². The summed E-state index contributed by atoms with van der Waals surface area (Å²) in [5, 5.41) is 13.9. The molecule has 2 heterocycles. The van der Waals surface area contributed by atoms with Gasteiger partial charge in [-0.3, -0.25) is 9.59 Å². The van der Waals surface area contributed by atoms with Crippen LogP contribution in [0, 0.1) is 12.3 Å². The Labute approximate surface area is 141 Å². The highest BCUT2D eigenvalue weighted by Gasteiger charge is 2.39. The number of aryl methyl sites for hydroxylation is 1. The van der Waals surface area contributed by atoms with E-state index in [4.69, 9.17) is 6.42 Å². The largest absolute Gasteiger partial charge is 0.326 e. The molecule has 0 radical (unpaired) electrons. The van der Waals surface area contributed by atoms with Crippen molar-refractivity contribution in [3.63, 3.8) is 0 Å². The molecule has 2 aliphatic heterocycles. The van der Waals surface area contributed by atoms with E-state index in [1.54, 1.807) is 0 Å². The quantitative estimate of drug-likeness (QED) is 0.787. The Morgan fingerprint density at radius 1 is 1.33 bits per heavy atom. The lowest BCUT2D eigenvalue weighted by Gasteiger charge is -2.12. The summed E-state index contributed by atoms with van der Waals surface area (Å²) < 4.78 is 0. The summed E-state index contributed by atoms with van der Waals surface area (Å²) in [5.74, 6) is 2.55. The molecule has 1 aromatic rings. The summed E-state index contributed by atoms with van der Waals surface area (Å²) >= 11 is 0. The van der Waals surface area contributed by atoms with Crippen LogP contribution in [0.2, 0.25) is 0 Å². The number of hydrogen-bond donors (Lipinski definition) is 2. The molecule has 0 aromatic heterocycles. The van der Waals surface area contributed by atoms with E-state index in [0.717, 1.165) is 29.8 Å². The fourth-order valence-electron chi connectivity index (χ4n) is 2.86. The van der Waals surface area contributed by atoms with Gasteiger partial charge in [-0.1, -0.05) is 0 Å². The molecule has 3 rings (SSSR count). The number of carbonyl (C=O) groups is 2. The van der Waals surface area contributed by atoms with Crippen LogP contribution in [0.4, 0.5) is 11.4 Å². The Morgan fingerprint density at radius 3 is 2.92 bits per heavy atom. The van der Waals surface area contributed by atoms with E-state index in [1.807, 2.05) is 18.2 Å². The normalized spacial score (nSPS) is 17.2. The number of hydrogen-bond acceptors (Lipinski definition) is 4. The topological polar surface area (TPSA) is 82.9 Å². The zero-order valence-corrected chi connectivity index (χ0v) is 13.5. The number of nitrogens with one attached hydrogen (secondary N) is 2. The van der Waals surface area contributed by atoms with Gasteiger partial charge in [-0.25, -0.2) is 0 Å². The number of benzene rings is 1. The van der Waals surface area contributed by atoms with E-state index in [9.17, 15) is 9.59 Å². The summed E-state index contributed by atoms with van der Waals surface area (Å²) in [6.45, 7) is 0. The molecule has 0 atom stereocenters. The molecule has 0 bridgehead atoms. The van der Waals surface area contributed by atoms with Crippen LogP contribution in [0.25, 0.3) is 0 Å². The minimum Gasteiger partial charge on any atom is -0.326 e. The van der Waals surface area contributed by atoms with Crippen molar-refractivity contribution in [2.75, 3.05) is 10.6 Å². The minimum absolute atomic E-state index is 0.0414. The zero-order chi connectivity index (χ0) is 17.0. The van der Waals surface area contributed by atoms with Crippen molar-refractivity contribution in [1.29, 1.82) is 0 Å². The molecule has 24 heavy (non-hydrogen) atoms. The van der Waals surface area contributed by atoms with E-state index < -0.39 is 5.66 Å². The van der Waals surface area contributed by atoms with Crippen LogP contribution >= 0.6 is 0 Å². The monoisotopic (exact) mass is 324 g/mol. The molecule has 124 valence electrons. The number of fused-ring (bicyclic) bond motifs is 1. The molecular weight excluding hydrogens is 304 g/mol. The van der Waals surface area contributed by atoms with Crippen molar-refractivity contribution in [3.8, 4) is 12.3 Å². The van der Waals surface area contributed by atoms with Gasteiger partial charge in [-0.05, 0) is 36.6 Å². The van der Waals surface area contributed by atoms with Gasteiger partial charge in [0, 0.05) is 43.5 Å². The van der Waals surface area contributed by atoms with Crippen molar-refractivity contribution in [2.24, 2.45) is 10.2 Å². The molecule has 0 unspecified atom stereocenters. The first kappa shape index (κ1) is 16.2. The van der Waals surface area contributed by atoms with Crippen LogP contribution in [0.15, 0.2) is 28.4 Å². The molecule has 0 spiro atoms. The molecular formula is C18H20N4O2. The van der Waals surface area contributed by atoms with Gasteiger partial charge in [-0.15, -0.1) is 12.3 Å². The number of terminal acetylenes is 1. The fraction of sp³-hybridized carbons (Fsp3) is 0.444. The average molecular weight is 324 g/mol. The molecule has 2 amide bonds. The Bertz CT molecular complexity index is 727. The predicted octanol–water partition coefficient (Wildman–Crippen LogP) is 3.26. The Hall–Kier alpha value is -2.68. The molecule has 6 heteroatoms. The Balaban J connectivity index is 1.54. The van der Waals surface area contributed by atoms with Crippen molar-refractivity contribution >= 4 is 23.2 Å². The average Bonchev–Trinajstić information content (AvgIpc) is 3.35. The van der Waals surface area contributed by atoms with Gasteiger partial charge in [0.2, 0.25) is 11.8 Å². The number of amides is 2. The Kier molecular flexibility index (Phi) is 4.61. The molecule has 0 saturated carbocycles. The summed E-state index contributed by atoms with van der Waals surface area (Å²) in [7, 11) is 0. The standard InChI is InChI=1S/C18H20N4O2/c1-2-3-10-18(21-22-18)11-9-17(24)19-14-7-8-15-13(12-14)5-4-6-16(23)20-15/h1,7-8,12H,3-6,9-11H2,(H,19,24)(H,20,23). The fourth-order valence-corrected chi connectivity index (χ4v) is 2.86. The van der Waals surface area contributed by atoms with E-state index in [2.05, 4.69) is 26.8 Å². The van der Waals surface area contributed by atoms with E-state index in [0.29, 0.717) is 32.1 Å². The minimum atomic E-state index is -0.429. The lowest BCUT2D eigenvalue weighted by atomic mass is 10.0. The van der Waals surface area contributed by atoms with Crippen LogP contribution in [0.5, 0.6) is 0 Å². The van der Waals surface area contributed by atoms with Gasteiger partial charge in [0.05, 0.1) is 0 Å². The number of nitrogens with zero attached hydrogens (tertiary/aromatic N) is 2. The number of carbonyl (C=O) groups excluding carboxylic acids is 2. The third kappa shape index (κ3) is 3.99. The van der Waals surface area contributed by atoms with Crippen LogP contribution in [-0.2, 0) is 16.0 Å². The second kappa shape index (κ2) is 6.83. The lowest BCUT2D eigenvalue weighted by Crippen LogP contribution is -2.17. The van der Waals surface area contributed by atoms with Crippen LogP contribution in [0.1, 0.15) is 44.1 Å². The maximum absolute atomic E-state index is 12.1. The summed E-state index contributed by atoms with van der Waals surface area (Å²) in [6, 6.07) is 5.58. The SMILES string of the molecule is C#CCCC1(CCC(=O)Nc2ccc3c(c2)CCCC(=O)N3)N=N1. The van der Waals surface area contributed by atoms with Crippen LogP contribution < -0.4 is 10.6 Å². The maximum Gasteiger partial charge on any atom is 0.224 e. The molecule has 6 nitrogen and oxygen atoms in total. The first-order valence-electron chi connectivity index (χ1n) is 8.20. The summed E-state index contributed by atoms with van der Waals surface area (Å²) in [5.41, 5.74) is 2.20. The third-order valence-corrected chi connectivity index (χ3v) is 4.32. The van der Waals surface area contributed by atoms with Gasteiger partial charge < -0.3 is 10.6 Å². The molecule has 1 aromatic carbocycles. The second-order valence-electron chi connectivity index (χ2n) is 6.21. The van der Waals surface area contributed by atoms with Crippen molar-refractivity contribution < 1.29 is 9.59 Å². The predicted molar refractivity (Wildman–Crippen MR) is 91.5 cm³/mol. The van der Waals surface area contributed by atoms with Gasteiger partial charge >= 0.3 is 0 Å². The van der Waals surface area contributed by atoms with Crippen LogP contribution in [0.3, 0.4) is 0 Å². The summed E-state index contributed by atoms with van der Waals surface area (Å²) in [6.07, 6.45) is 9.69. The lowest BCUT2D eigenvalue weighted by molar-refractivity contribution is -0.117. The Morgan fingerprint density at radius 2 is 2.17 bits per heavy atom. The molecule has 2 N–H and O–H groups in total. The zero-order valence-electron chi connectivity index (χ0n) is 13.5. The van der Waals surface area contributed by atoms with Crippen molar-refractivity contribution in [3.05, 3.63) is 23.8 Å². The van der Waals surface area contributed by atoms with Crippen LogP contribution in [-0.4, -0.2) is 17.5 Å². The smallest absolute Gasteiger partial charge is 0.224 e. The van der Waals surface area contributed by atoms with Gasteiger partial charge in [0.15, 0.2) is 5.66 Å². The van der Waals surface area contributed by atoms with Gasteiger partial charge in [0.25, 0.3) is 0 Å². The first-order chi connectivity index (χ1) is 11.6. The summed E-state index contributed by atoms with van der Waals surface area (Å²) in [4.78, 5) is 23.7. The van der Waals surface area contributed by atoms with Crippen molar-refractivity contribution in [1.82, 2.24) is 0 Å². The van der Waals surface area contributed by atoms with E-state index in [-0.39, 0.29) is 11.8 Å². The first-order valence-corrected chi connectivity index (χ1v) is 8.20. The molecule has 0 saturated heterocycles. The maximum atomic E-state index is 12.1. The highest BCUT2D eigenvalue weighted by molar-refractivity contribution is 5.94. The highest BCUT2D eigenvalue weighted by Crippen LogP contribution is 2.37. The van der Waals surface area contributed by atoms with Crippen molar-refractivity contribution in [2.45, 2.75) is 50.6 Å². The second-order valence-corrected chi connectivity index (χ2v) is 6.21. The number of anilines is 2. The van der Waals surface area contributed by atoms with Gasteiger partial charge in [-0.2, -0.15) is 10.2 Å². The molecule has 0 fully saturated rings.